The first-order chi connectivity index (χ1) is 25.7. The van der Waals surface area contributed by atoms with E-state index in [9.17, 15) is 5.26 Å². The van der Waals surface area contributed by atoms with Gasteiger partial charge in [-0.3, -0.25) is 0 Å². The van der Waals surface area contributed by atoms with E-state index in [0.29, 0.717) is 5.56 Å². The van der Waals surface area contributed by atoms with E-state index < -0.39 is 5.41 Å². The third-order valence-electron chi connectivity index (χ3n) is 10.1. The average Bonchev–Trinajstić information content (AvgIpc) is 3.23. The van der Waals surface area contributed by atoms with Gasteiger partial charge in [-0.15, -0.1) is 0 Å². The molecule has 8 aromatic rings. The zero-order chi connectivity index (χ0) is 34.9. The van der Waals surface area contributed by atoms with Gasteiger partial charge in [-0.1, -0.05) is 152 Å². The predicted molar refractivity (Wildman–Crippen MR) is 209 cm³/mol. The maximum Gasteiger partial charge on any atom is 0.132 e. The van der Waals surface area contributed by atoms with Crippen molar-refractivity contribution in [2.75, 3.05) is 0 Å². The van der Waals surface area contributed by atoms with Crippen molar-refractivity contribution in [3.63, 3.8) is 0 Å². The molecule has 3 nitrogen and oxygen atoms in total. The molecule has 0 unspecified atom stereocenters. The van der Waals surface area contributed by atoms with E-state index in [4.69, 9.17) is 9.72 Å². The van der Waals surface area contributed by atoms with Gasteiger partial charge < -0.3 is 4.74 Å². The molecule has 52 heavy (non-hydrogen) atoms. The number of para-hydroxylation sites is 1. The molecule has 1 aromatic heterocycles. The molecule has 244 valence electrons. The fourth-order valence-electron chi connectivity index (χ4n) is 7.56. The van der Waals surface area contributed by atoms with Crippen molar-refractivity contribution in [2.24, 2.45) is 0 Å². The van der Waals surface area contributed by atoms with Crippen LogP contribution in [0.3, 0.4) is 0 Å². The van der Waals surface area contributed by atoms with E-state index in [1.54, 1.807) is 0 Å². The van der Waals surface area contributed by atoms with Crippen LogP contribution in [0.25, 0.3) is 44.8 Å². The van der Waals surface area contributed by atoms with Gasteiger partial charge in [0.25, 0.3) is 0 Å². The summed E-state index contributed by atoms with van der Waals surface area (Å²) >= 11 is 0. The van der Waals surface area contributed by atoms with Gasteiger partial charge in [-0.25, -0.2) is 4.98 Å². The largest absolute Gasteiger partial charge is 0.457 e. The first-order valence-corrected chi connectivity index (χ1v) is 17.4. The Morgan fingerprint density at radius 3 is 1.52 bits per heavy atom. The van der Waals surface area contributed by atoms with Gasteiger partial charge in [-0.2, -0.15) is 5.26 Å². The Labute approximate surface area is 303 Å². The Morgan fingerprint density at radius 1 is 0.404 bits per heavy atom. The number of nitrogens with zero attached hydrogens (tertiary/aromatic N) is 2. The van der Waals surface area contributed by atoms with Crippen LogP contribution in [0.2, 0.25) is 0 Å². The van der Waals surface area contributed by atoms with Crippen molar-refractivity contribution in [3.05, 3.63) is 222 Å². The second-order valence-electron chi connectivity index (χ2n) is 13.1. The lowest BCUT2D eigenvalue weighted by Gasteiger charge is -2.41. The molecule has 1 aliphatic heterocycles. The number of benzene rings is 7. The van der Waals surface area contributed by atoms with Crippen LogP contribution in [0.4, 0.5) is 0 Å². The molecular formula is C49H32N2O. The minimum Gasteiger partial charge on any atom is -0.457 e. The fourth-order valence-corrected chi connectivity index (χ4v) is 7.56. The molecule has 7 aromatic carbocycles. The van der Waals surface area contributed by atoms with Crippen LogP contribution >= 0.6 is 0 Å². The molecule has 0 spiro atoms. The zero-order valence-electron chi connectivity index (χ0n) is 28.3. The quantitative estimate of drug-likeness (QED) is 0.178. The van der Waals surface area contributed by atoms with Gasteiger partial charge >= 0.3 is 0 Å². The van der Waals surface area contributed by atoms with Crippen LogP contribution in [0, 0.1) is 11.3 Å². The van der Waals surface area contributed by atoms with E-state index in [1.165, 1.54) is 11.1 Å². The van der Waals surface area contributed by atoms with Crippen molar-refractivity contribution < 1.29 is 4.74 Å². The molecule has 3 heteroatoms. The highest BCUT2D eigenvalue weighted by Gasteiger charge is 2.45. The number of ether oxygens (including phenoxy) is 1. The van der Waals surface area contributed by atoms with Gasteiger partial charge in [0, 0.05) is 22.3 Å². The Hall–Kier alpha value is -7.02. The topological polar surface area (TPSA) is 45.9 Å². The molecule has 0 amide bonds. The second-order valence-corrected chi connectivity index (χ2v) is 13.1. The second kappa shape index (κ2) is 13.0. The van der Waals surface area contributed by atoms with Crippen molar-refractivity contribution in [3.8, 4) is 62.3 Å². The number of nitriles is 1. The lowest BCUT2D eigenvalue weighted by atomic mass is 9.63. The number of fused-ring (bicyclic) bond motifs is 2. The number of rotatable bonds is 6. The predicted octanol–water partition coefficient (Wildman–Crippen LogP) is 12.1. The zero-order valence-corrected chi connectivity index (χ0v) is 28.3. The first kappa shape index (κ1) is 31.0. The minimum atomic E-state index is -0.577. The van der Waals surface area contributed by atoms with Gasteiger partial charge in [-0.05, 0) is 75.8 Å². The Balaban J connectivity index is 1.16. The molecule has 0 radical (unpaired) electrons. The Bertz CT molecular complexity index is 2530. The van der Waals surface area contributed by atoms with E-state index >= 15 is 0 Å². The lowest BCUT2D eigenvalue weighted by molar-refractivity contribution is 0.434. The molecule has 0 saturated heterocycles. The van der Waals surface area contributed by atoms with Gasteiger partial charge in [0.05, 0.1) is 28.4 Å². The number of hydrogen-bond donors (Lipinski definition) is 0. The highest BCUT2D eigenvalue weighted by molar-refractivity contribution is 5.79. The van der Waals surface area contributed by atoms with Crippen LogP contribution in [-0.2, 0) is 5.41 Å². The highest BCUT2D eigenvalue weighted by atomic mass is 16.5. The van der Waals surface area contributed by atoms with Crippen molar-refractivity contribution in [1.82, 2.24) is 4.98 Å². The van der Waals surface area contributed by atoms with Crippen LogP contribution in [0.5, 0.6) is 11.5 Å². The van der Waals surface area contributed by atoms with Gasteiger partial charge in [0.15, 0.2) is 0 Å². The highest BCUT2D eigenvalue weighted by Crippen LogP contribution is 2.55. The molecule has 0 bridgehead atoms. The summed E-state index contributed by atoms with van der Waals surface area (Å²) in [6.07, 6.45) is 0. The molecule has 0 N–H and O–H groups in total. The molecule has 0 fully saturated rings. The molecular weight excluding hydrogens is 633 g/mol. The molecule has 1 aliphatic rings. The summed E-state index contributed by atoms with van der Waals surface area (Å²) in [6.45, 7) is 0. The van der Waals surface area contributed by atoms with E-state index in [0.717, 1.165) is 67.4 Å². The Kier molecular flexibility index (Phi) is 7.76. The van der Waals surface area contributed by atoms with Crippen LogP contribution in [0.15, 0.2) is 194 Å². The maximum atomic E-state index is 9.35. The molecule has 9 rings (SSSR count). The van der Waals surface area contributed by atoms with Crippen LogP contribution in [-0.4, -0.2) is 4.98 Å². The van der Waals surface area contributed by atoms with Gasteiger partial charge in [0.1, 0.15) is 11.5 Å². The maximum absolute atomic E-state index is 9.35. The van der Waals surface area contributed by atoms with Crippen molar-refractivity contribution in [2.45, 2.75) is 5.41 Å². The van der Waals surface area contributed by atoms with Crippen LogP contribution < -0.4 is 4.74 Å². The van der Waals surface area contributed by atoms with E-state index in [1.807, 2.05) is 48.5 Å². The van der Waals surface area contributed by atoms with E-state index in [-0.39, 0.29) is 0 Å². The lowest BCUT2D eigenvalue weighted by Crippen LogP contribution is -2.34. The summed E-state index contributed by atoms with van der Waals surface area (Å²) in [5.41, 5.74) is 12.8. The standard InChI is InChI=1S/C49H32N2O/c50-33-34-20-22-36(23-21-34)40-31-45(37-12-4-1-5-13-37)51-46(32-40)38-26-24-35(25-27-38)39-28-29-48-44(30-39)49(41-14-6-2-7-15-41,42-16-8-3-9-17-42)43-18-10-11-19-47(43)52-48/h1-32H. The summed E-state index contributed by atoms with van der Waals surface area (Å²) in [6, 6.07) is 69.6. The smallest absolute Gasteiger partial charge is 0.132 e. The molecule has 0 saturated carbocycles. The summed E-state index contributed by atoms with van der Waals surface area (Å²) in [5.74, 6) is 1.72. The average molecular weight is 665 g/mol. The third-order valence-corrected chi connectivity index (χ3v) is 10.1. The van der Waals surface area contributed by atoms with Gasteiger partial charge in [0.2, 0.25) is 0 Å². The summed E-state index contributed by atoms with van der Waals surface area (Å²) in [7, 11) is 0. The van der Waals surface area contributed by atoms with Crippen molar-refractivity contribution >= 4 is 0 Å². The minimum absolute atomic E-state index is 0.577. The summed E-state index contributed by atoms with van der Waals surface area (Å²) < 4.78 is 6.63. The molecule has 0 aliphatic carbocycles. The third kappa shape index (κ3) is 5.35. The first-order valence-electron chi connectivity index (χ1n) is 17.4. The molecule has 2 heterocycles. The fraction of sp³-hybridized carbons (Fsp3) is 0.0204. The number of pyridine rings is 1. The normalized spacial score (nSPS) is 12.5. The number of hydrogen-bond acceptors (Lipinski definition) is 3. The summed E-state index contributed by atoms with van der Waals surface area (Å²) in [5, 5.41) is 9.35. The van der Waals surface area contributed by atoms with E-state index in [2.05, 4.69) is 152 Å². The summed E-state index contributed by atoms with van der Waals surface area (Å²) in [4.78, 5) is 5.13. The van der Waals surface area contributed by atoms with Crippen LogP contribution in [0.1, 0.15) is 27.8 Å². The molecule has 0 atom stereocenters. The SMILES string of the molecule is N#Cc1ccc(-c2cc(-c3ccccc3)nc(-c3ccc(-c4ccc5c(c4)C(c4ccccc4)(c4ccccc4)c4ccccc4O5)cc3)c2)cc1. The monoisotopic (exact) mass is 664 g/mol. The van der Waals surface area contributed by atoms with Crippen molar-refractivity contribution in [1.29, 1.82) is 5.26 Å². The number of aromatic nitrogens is 1. The Morgan fingerprint density at radius 2 is 0.885 bits per heavy atom.